The Morgan fingerprint density at radius 1 is 0.321 bits per heavy atom. The van der Waals surface area contributed by atoms with Gasteiger partial charge in [0.1, 0.15) is 0 Å². The van der Waals surface area contributed by atoms with Crippen LogP contribution in [-0.4, -0.2) is 19.1 Å². The predicted octanol–water partition coefficient (Wildman–Crippen LogP) is 19.3. The summed E-state index contributed by atoms with van der Waals surface area (Å²) in [5.41, 5.74) is 13.1. The maximum Gasteiger partial charge on any atom is 0.416 e. The summed E-state index contributed by atoms with van der Waals surface area (Å²) in [6.45, 7) is 3.35. The number of halogens is 6. The molecule has 13 aromatic rings. The van der Waals surface area contributed by atoms with E-state index in [1.54, 1.807) is 26.0 Å². The van der Waals surface area contributed by atoms with E-state index in [0.29, 0.717) is 39.2 Å². The van der Waals surface area contributed by atoms with Crippen molar-refractivity contribution >= 4 is 43.6 Å². The largest absolute Gasteiger partial charge is 0.416 e. The highest BCUT2D eigenvalue weighted by molar-refractivity contribution is 6.12. The molecular formula is C68H44F6N4. The smallest absolute Gasteiger partial charge is 0.309 e. The Morgan fingerprint density at radius 3 is 1.32 bits per heavy atom. The molecule has 0 saturated heterocycles. The summed E-state index contributed by atoms with van der Waals surface area (Å²) in [7, 11) is 0. The number of benzene rings is 10. The molecule has 0 N–H and O–H groups in total. The van der Waals surface area contributed by atoms with Gasteiger partial charge in [-0.15, -0.1) is 0 Å². The van der Waals surface area contributed by atoms with Crippen LogP contribution < -0.4 is 0 Å². The lowest BCUT2D eigenvalue weighted by Gasteiger charge is -2.18. The highest BCUT2D eigenvalue weighted by atomic mass is 19.4. The van der Waals surface area contributed by atoms with Crippen LogP contribution in [0.4, 0.5) is 26.3 Å². The first-order valence-corrected chi connectivity index (χ1v) is 25.4. The zero-order valence-electron chi connectivity index (χ0n) is 42.0. The molecule has 0 aliphatic rings. The second kappa shape index (κ2) is 18.6. The van der Waals surface area contributed by atoms with Crippen molar-refractivity contribution < 1.29 is 26.3 Å². The van der Waals surface area contributed by atoms with Gasteiger partial charge in [-0.3, -0.25) is 0 Å². The van der Waals surface area contributed by atoms with Crippen molar-refractivity contribution in [2.75, 3.05) is 0 Å². The molecular weight excluding hydrogens is 987 g/mol. The summed E-state index contributed by atoms with van der Waals surface area (Å²) < 4.78 is 89.1. The first-order valence-electron chi connectivity index (χ1n) is 25.4. The summed E-state index contributed by atoms with van der Waals surface area (Å²) in [6, 6.07) is 72.7. The molecule has 3 aromatic heterocycles. The lowest BCUT2D eigenvalue weighted by molar-refractivity contribution is -0.138. The lowest BCUT2D eigenvalue weighted by atomic mass is 9.98. The highest BCUT2D eigenvalue weighted by Gasteiger charge is 2.32. The first kappa shape index (κ1) is 48.1. The van der Waals surface area contributed by atoms with E-state index < -0.39 is 23.5 Å². The van der Waals surface area contributed by atoms with Crippen LogP contribution in [0.3, 0.4) is 0 Å². The maximum absolute atomic E-state index is 14.2. The fourth-order valence-electron chi connectivity index (χ4n) is 11.1. The monoisotopic (exact) mass is 1030 g/mol. The van der Waals surface area contributed by atoms with Crippen LogP contribution in [0.25, 0.3) is 122 Å². The van der Waals surface area contributed by atoms with Crippen molar-refractivity contribution in [1.29, 1.82) is 0 Å². The fourth-order valence-corrected chi connectivity index (χ4v) is 11.1. The van der Waals surface area contributed by atoms with Gasteiger partial charge in [0.15, 0.2) is 5.82 Å². The van der Waals surface area contributed by atoms with Crippen LogP contribution in [-0.2, 0) is 12.4 Å². The van der Waals surface area contributed by atoms with E-state index in [-0.39, 0.29) is 0 Å². The molecule has 13 rings (SSSR count). The highest BCUT2D eigenvalue weighted by Crippen LogP contribution is 2.43. The van der Waals surface area contributed by atoms with E-state index in [2.05, 4.69) is 51.6 Å². The molecule has 0 atom stereocenters. The van der Waals surface area contributed by atoms with E-state index >= 15 is 0 Å². The summed E-state index contributed by atoms with van der Waals surface area (Å²) in [4.78, 5) is 10.4. The van der Waals surface area contributed by atoms with Gasteiger partial charge in [0.05, 0.1) is 50.3 Å². The SMILES string of the molecule is Cc1cc(-c2ccc3c(c2)c2ccccc2n3-c2cccc(-c3cc(-c4nc(-c5ccccc5)cc(-c5ccccc5)n4)ccc3-n3c4ccccc4c4cc(-c5cc(C)cc(C(F)(F)F)c5)ccc43)c2)cc(C(F)(F)F)c1. The van der Waals surface area contributed by atoms with Gasteiger partial charge in [-0.25, -0.2) is 9.97 Å². The zero-order chi connectivity index (χ0) is 53.5. The molecule has 10 heteroatoms. The third kappa shape index (κ3) is 8.65. The molecule has 0 unspecified atom stereocenters. The first-order chi connectivity index (χ1) is 37.7. The summed E-state index contributed by atoms with van der Waals surface area (Å²) in [6.07, 6.45) is -8.99. The van der Waals surface area contributed by atoms with Gasteiger partial charge in [0, 0.05) is 49.5 Å². The average molecular weight is 1030 g/mol. The van der Waals surface area contributed by atoms with Gasteiger partial charge in [-0.2, -0.15) is 26.3 Å². The molecule has 0 bridgehead atoms. The number of hydrogen-bond acceptors (Lipinski definition) is 2. The molecule has 0 aliphatic carbocycles. The van der Waals surface area contributed by atoms with Crippen LogP contribution in [0.1, 0.15) is 22.3 Å². The number of fused-ring (bicyclic) bond motifs is 6. The second-order valence-corrected chi connectivity index (χ2v) is 19.8. The number of alkyl halides is 6. The number of aryl methyl sites for hydroxylation is 2. The Bertz CT molecular complexity index is 4440. The van der Waals surface area contributed by atoms with E-state index in [4.69, 9.17) is 9.97 Å². The van der Waals surface area contributed by atoms with Gasteiger partial charge in [0.25, 0.3) is 0 Å². The number of rotatable bonds is 8. The minimum atomic E-state index is -4.50. The Labute approximate surface area is 444 Å². The Hall–Kier alpha value is -9.54. The normalized spacial score (nSPS) is 12.1. The van der Waals surface area contributed by atoms with E-state index in [1.807, 2.05) is 152 Å². The summed E-state index contributed by atoms with van der Waals surface area (Å²) >= 11 is 0. The summed E-state index contributed by atoms with van der Waals surface area (Å²) in [5.74, 6) is 0.525. The Kier molecular flexibility index (Phi) is 11.5. The van der Waals surface area contributed by atoms with Crippen molar-refractivity contribution in [3.8, 4) is 78.7 Å². The summed E-state index contributed by atoms with van der Waals surface area (Å²) in [5, 5.41) is 3.64. The van der Waals surface area contributed by atoms with E-state index in [0.717, 1.165) is 94.2 Å². The number of hydrogen-bond donors (Lipinski definition) is 0. The number of nitrogens with zero attached hydrogens (tertiary/aromatic N) is 4. The van der Waals surface area contributed by atoms with Crippen LogP contribution in [0, 0.1) is 13.8 Å². The number of para-hydroxylation sites is 2. The van der Waals surface area contributed by atoms with Crippen LogP contribution >= 0.6 is 0 Å². The topological polar surface area (TPSA) is 35.6 Å². The molecule has 378 valence electrons. The van der Waals surface area contributed by atoms with Crippen molar-refractivity contribution in [1.82, 2.24) is 19.1 Å². The molecule has 78 heavy (non-hydrogen) atoms. The molecule has 3 heterocycles. The third-order valence-electron chi connectivity index (χ3n) is 14.6. The van der Waals surface area contributed by atoms with Crippen molar-refractivity contribution in [2.45, 2.75) is 26.2 Å². The predicted molar refractivity (Wildman–Crippen MR) is 303 cm³/mol. The molecule has 0 amide bonds. The zero-order valence-corrected chi connectivity index (χ0v) is 42.0. The minimum absolute atomic E-state index is 0.475. The quantitative estimate of drug-likeness (QED) is 0.142. The molecule has 0 fully saturated rings. The maximum atomic E-state index is 14.2. The van der Waals surface area contributed by atoms with Crippen LogP contribution in [0.15, 0.2) is 231 Å². The average Bonchev–Trinajstić information content (AvgIpc) is 4.10. The molecule has 10 aromatic carbocycles. The molecule has 4 nitrogen and oxygen atoms in total. The van der Waals surface area contributed by atoms with Gasteiger partial charge in [-0.1, -0.05) is 133 Å². The van der Waals surface area contributed by atoms with Gasteiger partial charge in [0.2, 0.25) is 0 Å². The van der Waals surface area contributed by atoms with Gasteiger partial charge < -0.3 is 9.13 Å². The molecule has 0 spiro atoms. The molecule has 0 radical (unpaired) electrons. The fraction of sp³-hybridized carbons (Fsp3) is 0.0588. The van der Waals surface area contributed by atoms with E-state index in [9.17, 15) is 26.3 Å². The van der Waals surface area contributed by atoms with E-state index in [1.165, 1.54) is 24.3 Å². The number of aromatic nitrogens is 4. The Morgan fingerprint density at radius 2 is 0.782 bits per heavy atom. The minimum Gasteiger partial charge on any atom is -0.309 e. The van der Waals surface area contributed by atoms with Crippen LogP contribution in [0.5, 0.6) is 0 Å². The lowest BCUT2D eigenvalue weighted by Crippen LogP contribution is -2.05. The van der Waals surface area contributed by atoms with Gasteiger partial charge in [-0.05, 0) is 150 Å². The second-order valence-electron chi connectivity index (χ2n) is 19.8. The van der Waals surface area contributed by atoms with Crippen molar-refractivity contribution in [3.05, 3.63) is 253 Å². The Balaban J connectivity index is 1.03. The van der Waals surface area contributed by atoms with Gasteiger partial charge >= 0.3 is 12.4 Å². The molecule has 0 aliphatic heterocycles. The standard InChI is InChI=1S/C68H44F6N4/c1-41-30-49(34-51(32-41)67(69,70)71)45-24-27-64-57(37-45)54-20-9-11-22-61(54)77(64)53-19-13-18-47(36-53)56-39-48(66-75-59(43-14-5-3-6-15-43)40-60(76-66)44-16-7-4-8-17-44)26-29-63(56)78-62-23-12-10-21-55(62)58-38-46(25-28-65(58)78)50-31-42(2)33-52(35-50)68(72,73)74/h3-40H,1-2H3. The third-order valence-corrected chi connectivity index (χ3v) is 14.6. The molecule has 0 saturated carbocycles. The van der Waals surface area contributed by atoms with Crippen LogP contribution in [0.2, 0.25) is 0 Å². The van der Waals surface area contributed by atoms with Crippen molar-refractivity contribution in [3.63, 3.8) is 0 Å². The van der Waals surface area contributed by atoms with Crippen molar-refractivity contribution in [2.24, 2.45) is 0 Å².